The summed E-state index contributed by atoms with van der Waals surface area (Å²) in [7, 11) is 0. The quantitative estimate of drug-likeness (QED) is 0.227. The summed E-state index contributed by atoms with van der Waals surface area (Å²) < 4.78 is 15.8. The van der Waals surface area contributed by atoms with Crippen molar-refractivity contribution in [2.45, 2.75) is 84.8 Å². The van der Waals surface area contributed by atoms with Gasteiger partial charge in [-0.2, -0.15) is 0 Å². The molecule has 1 aromatic rings. The Labute approximate surface area is 194 Å². The molecule has 0 aromatic heterocycles. The molecule has 0 bridgehead atoms. The zero-order valence-corrected chi connectivity index (χ0v) is 19.8. The minimum atomic E-state index is -1.08. The van der Waals surface area contributed by atoms with E-state index in [1.165, 1.54) is 12.1 Å². The molecule has 0 aliphatic rings. The molecular weight excluding hydrogens is 430 g/mol. The lowest BCUT2D eigenvalue weighted by Gasteiger charge is -2.19. The summed E-state index contributed by atoms with van der Waals surface area (Å²) >= 11 is 0. The van der Waals surface area contributed by atoms with Crippen molar-refractivity contribution in [1.82, 2.24) is 5.32 Å². The third-order valence-corrected chi connectivity index (χ3v) is 4.74. The molecule has 0 spiro atoms. The molecule has 1 aromatic carbocycles. The summed E-state index contributed by atoms with van der Waals surface area (Å²) in [5, 5.41) is 12.5. The number of esters is 3. The van der Waals surface area contributed by atoms with Crippen LogP contribution in [0.1, 0.15) is 71.8 Å². The van der Waals surface area contributed by atoms with Gasteiger partial charge in [0.2, 0.25) is 0 Å². The Bertz CT molecular complexity index is 808. The summed E-state index contributed by atoms with van der Waals surface area (Å²) in [6, 6.07) is 3.60. The third kappa shape index (κ3) is 11.0. The number of hydrogen-bond acceptors (Lipinski definition) is 8. The fourth-order valence-electron chi connectivity index (χ4n) is 2.87. The molecule has 184 valence electrons. The van der Waals surface area contributed by atoms with Gasteiger partial charge in [0.25, 0.3) is 0 Å². The molecule has 9 nitrogen and oxygen atoms in total. The van der Waals surface area contributed by atoms with E-state index in [2.05, 4.69) is 5.32 Å². The van der Waals surface area contributed by atoms with E-state index in [9.17, 15) is 24.3 Å². The summed E-state index contributed by atoms with van der Waals surface area (Å²) in [6.45, 7) is 7.18. The predicted octanol–water partition coefficient (Wildman–Crippen LogP) is 3.41. The molecule has 2 N–H and O–H groups in total. The Kier molecular flexibility index (Phi) is 12.8. The zero-order valence-electron chi connectivity index (χ0n) is 19.8. The van der Waals surface area contributed by atoms with Crippen molar-refractivity contribution in [3.8, 4) is 11.5 Å². The number of carboxylic acids is 1. The number of ether oxygens (including phenoxy) is 3. The molecule has 33 heavy (non-hydrogen) atoms. The van der Waals surface area contributed by atoms with Gasteiger partial charge >= 0.3 is 23.9 Å². The lowest BCUT2D eigenvalue weighted by atomic mass is 10.0. The van der Waals surface area contributed by atoms with Crippen molar-refractivity contribution in [1.29, 1.82) is 0 Å². The highest BCUT2D eigenvalue weighted by molar-refractivity contribution is 5.76. The Balaban J connectivity index is 2.82. The van der Waals surface area contributed by atoms with Gasteiger partial charge in [0.15, 0.2) is 11.5 Å². The lowest BCUT2D eigenvalue weighted by Crippen LogP contribution is -2.42. The molecule has 0 amide bonds. The van der Waals surface area contributed by atoms with E-state index in [0.29, 0.717) is 12.0 Å². The predicted molar refractivity (Wildman–Crippen MR) is 121 cm³/mol. The van der Waals surface area contributed by atoms with Crippen LogP contribution in [0, 0.1) is 0 Å². The highest BCUT2D eigenvalue weighted by Gasteiger charge is 2.21. The fourth-order valence-corrected chi connectivity index (χ4v) is 2.87. The Hall–Kier alpha value is -2.94. The van der Waals surface area contributed by atoms with E-state index in [-0.39, 0.29) is 43.3 Å². The molecule has 0 fully saturated rings. The number of aliphatic carboxylic acids is 1. The maximum absolute atomic E-state index is 11.8. The Morgan fingerprint density at radius 1 is 0.939 bits per heavy atom. The molecule has 0 aliphatic heterocycles. The SMILES string of the molecule is CCCCCC(=O)OC(C)CN[C@@H](Cc1ccc(OC(=O)CC)c(OC(=O)CC)c1)C(=O)O. The van der Waals surface area contributed by atoms with E-state index < -0.39 is 30.1 Å². The van der Waals surface area contributed by atoms with E-state index in [0.717, 1.165) is 19.3 Å². The van der Waals surface area contributed by atoms with Crippen LogP contribution in [0.25, 0.3) is 0 Å². The first-order chi connectivity index (χ1) is 15.7. The van der Waals surface area contributed by atoms with Crippen LogP contribution in [0.3, 0.4) is 0 Å². The van der Waals surface area contributed by atoms with E-state index in [1.54, 1.807) is 26.8 Å². The van der Waals surface area contributed by atoms with Crippen molar-refractivity contribution in [2.24, 2.45) is 0 Å². The van der Waals surface area contributed by atoms with Crippen molar-refractivity contribution >= 4 is 23.9 Å². The Morgan fingerprint density at radius 3 is 2.15 bits per heavy atom. The normalized spacial score (nSPS) is 12.5. The van der Waals surface area contributed by atoms with Crippen LogP contribution in [-0.2, 0) is 30.3 Å². The highest BCUT2D eigenvalue weighted by atomic mass is 16.6. The summed E-state index contributed by atoms with van der Waals surface area (Å²) in [5.41, 5.74) is 0.564. The van der Waals surface area contributed by atoms with Gasteiger partial charge in [0, 0.05) is 25.8 Å². The number of benzene rings is 1. The first-order valence-electron chi connectivity index (χ1n) is 11.4. The first-order valence-corrected chi connectivity index (χ1v) is 11.4. The van der Waals surface area contributed by atoms with Crippen LogP contribution < -0.4 is 14.8 Å². The molecule has 0 radical (unpaired) electrons. The van der Waals surface area contributed by atoms with Gasteiger partial charge in [-0.05, 0) is 37.5 Å². The first kappa shape index (κ1) is 28.1. The van der Waals surface area contributed by atoms with Gasteiger partial charge in [0.1, 0.15) is 12.1 Å². The van der Waals surface area contributed by atoms with Crippen LogP contribution in [0.2, 0.25) is 0 Å². The number of nitrogens with one attached hydrogen (secondary N) is 1. The molecule has 1 unspecified atom stereocenters. The molecule has 0 aliphatic carbocycles. The largest absolute Gasteiger partial charge is 0.480 e. The van der Waals surface area contributed by atoms with Crippen molar-refractivity contribution in [3.05, 3.63) is 23.8 Å². The molecule has 0 saturated heterocycles. The molecule has 0 saturated carbocycles. The van der Waals surface area contributed by atoms with E-state index in [1.807, 2.05) is 6.92 Å². The molecule has 0 heterocycles. The van der Waals surface area contributed by atoms with Crippen LogP contribution in [-0.4, -0.2) is 47.7 Å². The average Bonchev–Trinajstić information content (AvgIpc) is 2.77. The summed E-state index contributed by atoms with van der Waals surface area (Å²) in [5.74, 6) is -2.23. The number of unbranched alkanes of at least 4 members (excludes halogenated alkanes) is 2. The molecule has 1 rings (SSSR count). The van der Waals surface area contributed by atoms with E-state index in [4.69, 9.17) is 14.2 Å². The van der Waals surface area contributed by atoms with Crippen molar-refractivity contribution in [3.63, 3.8) is 0 Å². The molecule has 2 atom stereocenters. The van der Waals surface area contributed by atoms with Crippen molar-refractivity contribution in [2.75, 3.05) is 6.54 Å². The van der Waals surface area contributed by atoms with Gasteiger partial charge in [-0.3, -0.25) is 19.2 Å². The second-order valence-corrected chi connectivity index (χ2v) is 7.70. The number of carboxylic acid groups (broad SMARTS) is 1. The minimum Gasteiger partial charge on any atom is -0.480 e. The number of carbonyl (C=O) groups is 4. The lowest BCUT2D eigenvalue weighted by molar-refractivity contribution is -0.148. The van der Waals surface area contributed by atoms with Crippen LogP contribution in [0.15, 0.2) is 18.2 Å². The van der Waals surface area contributed by atoms with Crippen LogP contribution in [0.4, 0.5) is 0 Å². The zero-order chi connectivity index (χ0) is 24.8. The van der Waals surface area contributed by atoms with Crippen LogP contribution >= 0.6 is 0 Å². The summed E-state index contributed by atoms with van der Waals surface area (Å²) in [4.78, 5) is 47.0. The third-order valence-electron chi connectivity index (χ3n) is 4.74. The van der Waals surface area contributed by atoms with Crippen molar-refractivity contribution < 1.29 is 38.5 Å². The monoisotopic (exact) mass is 465 g/mol. The number of hydrogen-bond donors (Lipinski definition) is 2. The van der Waals surface area contributed by atoms with E-state index >= 15 is 0 Å². The van der Waals surface area contributed by atoms with Gasteiger partial charge in [0.05, 0.1) is 0 Å². The summed E-state index contributed by atoms with van der Waals surface area (Å²) in [6.07, 6.45) is 2.93. The van der Waals surface area contributed by atoms with Gasteiger partial charge < -0.3 is 24.6 Å². The van der Waals surface area contributed by atoms with Crippen LogP contribution in [0.5, 0.6) is 11.5 Å². The number of rotatable bonds is 15. The number of carbonyl (C=O) groups excluding carboxylic acids is 3. The topological polar surface area (TPSA) is 128 Å². The van der Waals surface area contributed by atoms with Gasteiger partial charge in [-0.15, -0.1) is 0 Å². The molecular formula is C24H35NO8. The fraction of sp³-hybridized carbons (Fsp3) is 0.583. The van der Waals surface area contributed by atoms with Gasteiger partial charge in [-0.1, -0.05) is 39.7 Å². The average molecular weight is 466 g/mol. The molecule has 9 heteroatoms. The van der Waals surface area contributed by atoms with Gasteiger partial charge in [-0.25, -0.2) is 0 Å². The maximum atomic E-state index is 11.8. The maximum Gasteiger partial charge on any atom is 0.321 e. The minimum absolute atomic E-state index is 0.0552. The standard InChI is InChI=1S/C24H35NO8/c1-5-8-9-10-23(28)31-16(4)15-25-18(24(29)30)13-17-11-12-19(32-21(26)6-2)20(14-17)33-22(27)7-3/h11-12,14,16,18,25H,5-10,13,15H2,1-4H3,(H,29,30)/t16?,18-/m0/s1. The second-order valence-electron chi connectivity index (χ2n) is 7.70. The second kappa shape index (κ2) is 15.0. The Morgan fingerprint density at radius 2 is 1.58 bits per heavy atom. The smallest absolute Gasteiger partial charge is 0.321 e. The highest BCUT2D eigenvalue weighted by Crippen LogP contribution is 2.30.